The summed E-state index contributed by atoms with van der Waals surface area (Å²) in [6, 6.07) is 8.08. The molecule has 1 aliphatic carbocycles. The highest BCUT2D eigenvalue weighted by atomic mass is 16.4. The van der Waals surface area contributed by atoms with Crippen LogP contribution in [-0.2, 0) is 16.0 Å². The van der Waals surface area contributed by atoms with Crippen LogP contribution in [0, 0.1) is 0 Å². The SMILES string of the molecule is O=C(O)CCCCNC(=O)C1CCc2ccccc21. The fraction of sp³-hybridized carbons (Fsp3) is 0.467. The van der Waals surface area contributed by atoms with Crippen LogP contribution in [0.4, 0.5) is 0 Å². The largest absolute Gasteiger partial charge is 0.481 e. The summed E-state index contributed by atoms with van der Waals surface area (Å²) in [5.41, 5.74) is 2.42. The molecule has 0 aliphatic heterocycles. The molecule has 2 N–H and O–H groups in total. The van der Waals surface area contributed by atoms with E-state index in [-0.39, 0.29) is 18.2 Å². The van der Waals surface area contributed by atoms with Gasteiger partial charge in [-0.3, -0.25) is 9.59 Å². The molecule has 102 valence electrons. The van der Waals surface area contributed by atoms with Gasteiger partial charge in [-0.05, 0) is 36.8 Å². The summed E-state index contributed by atoms with van der Waals surface area (Å²) in [5, 5.41) is 11.4. The summed E-state index contributed by atoms with van der Waals surface area (Å²) >= 11 is 0. The van der Waals surface area contributed by atoms with E-state index < -0.39 is 5.97 Å². The molecule has 0 saturated carbocycles. The number of unbranched alkanes of at least 4 members (excludes halogenated alkanes) is 1. The third kappa shape index (κ3) is 3.56. The second-order valence-corrected chi connectivity index (χ2v) is 4.93. The number of hydrogen-bond donors (Lipinski definition) is 2. The Hall–Kier alpha value is -1.84. The van der Waals surface area contributed by atoms with Gasteiger partial charge in [-0.15, -0.1) is 0 Å². The average Bonchev–Trinajstić information content (AvgIpc) is 2.81. The zero-order chi connectivity index (χ0) is 13.7. The van der Waals surface area contributed by atoms with E-state index in [1.807, 2.05) is 18.2 Å². The van der Waals surface area contributed by atoms with Crippen molar-refractivity contribution in [2.45, 2.75) is 38.0 Å². The summed E-state index contributed by atoms with van der Waals surface area (Å²) < 4.78 is 0. The molecule has 0 saturated heterocycles. The van der Waals surface area contributed by atoms with Crippen LogP contribution in [0.2, 0.25) is 0 Å². The van der Waals surface area contributed by atoms with E-state index in [0.29, 0.717) is 19.4 Å². The molecule has 1 aromatic rings. The maximum Gasteiger partial charge on any atom is 0.303 e. The fourth-order valence-corrected chi connectivity index (χ4v) is 2.57. The van der Waals surface area contributed by atoms with E-state index in [1.54, 1.807) is 0 Å². The normalized spacial score (nSPS) is 16.9. The number of carbonyl (C=O) groups excluding carboxylic acids is 1. The first-order chi connectivity index (χ1) is 9.18. The van der Waals surface area contributed by atoms with E-state index in [4.69, 9.17) is 5.11 Å². The van der Waals surface area contributed by atoms with Crippen molar-refractivity contribution in [2.75, 3.05) is 6.54 Å². The maximum atomic E-state index is 12.1. The molecule has 0 bridgehead atoms. The molecule has 0 aromatic heterocycles. The number of amides is 1. The topological polar surface area (TPSA) is 66.4 Å². The number of aliphatic carboxylic acids is 1. The van der Waals surface area contributed by atoms with Crippen molar-refractivity contribution in [1.29, 1.82) is 0 Å². The molecule has 4 heteroatoms. The first-order valence-corrected chi connectivity index (χ1v) is 6.76. The van der Waals surface area contributed by atoms with Gasteiger partial charge in [-0.2, -0.15) is 0 Å². The Labute approximate surface area is 112 Å². The lowest BCUT2D eigenvalue weighted by atomic mass is 10.0. The molecular weight excluding hydrogens is 242 g/mol. The average molecular weight is 261 g/mol. The summed E-state index contributed by atoms with van der Waals surface area (Å²) in [5.74, 6) is -0.744. The van der Waals surface area contributed by atoms with Crippen molar-refractivity contribution in [3.05, 3.63) is 35.4 Å². The molecule has 2 rings (SSSR count). The highest BCUT2D eigenvalue weighted by Gasteiger charge is 2.27. The lowest BCUT2D eigenvalue weighted by molar-refractivity contribution is -0.137. The molecule has 0 spiro atoms. The predicted octanol–water partition coefficient (Wildman–Crippen LogP) is 2.09. The molecule has 0 heterocycles. The number of rotatable bonds is 6. The number of benzene rings is 1. The van der Waals surface area contributed by atoms with Crippen LogP contribution in [-0.4, -0.2) is 23.5 Å². The first-order valence-electron chi connectivity index (χ1n) is 6.76. The standard InChI is InChI=1S/C15H19NO3/c17-14(18)7-3-4-10-16-15(19)13-9-8-11-5-1-2-6-12(11)13/h1-2,5-6,13H,3-4,7-10H2,(H,16,19)(H,17,18). The molecular formula is C15H19NO3. The molecule has 1 amide bonds. The van der Waals surface area contributed by atoms with Gasteiger partial charge in [0.25, 0.3) is 0 Å². The third-order valence-electron chi connectivity index (χ3n) is 3.57. The number of carboxylic acid groups (broad SMARTS) is 1. The van der Waals surface area contributed by atoms with Gasteiger partial charge < -0.3 is 10.4 Å². The molecule has 19 heavy (non-hydrogen) atoms. The Bertz CT molecular complexity index is 470. The second kappa shape index (κ2) is 6.36. The van der Waals surface area contributed by atoms with Crippen molar-refractivity contribution in [2.24, 2.45) is 0 Å². The van der Waals surface area contributed by atoms with Crippen LogP contribution in [0.15, 0.2) is 24.3 Å². The summed E-state index contributed by atoms with van der Waals surface area (Å²) in [7, 11) is 0. The molecule has 1 aromatic carbocycles. The molecule has 1 atom stereocenters. The van der Waals surface area contributed by atoms with Gasteiger partial charge in [0.1, 0.15) is 0 Å². The van der Waals surface area contributed by atoms with E-state index in [0.717, 1.165) is 18.4 Å². The van der Waals surface area contributed by atoms with Gasteiger partial charge in [-0.25, -0.2) is 0 Å². The smallest absolute Gasteiger partial charge is 0.303 e. The Balaban J connectivity index is 1.77. The minimum Gasteiger partial charge on any atom is -0.481 e. The van der Waals surface area contributed by atoms with Gasteiger partial charge in [0.2, 0.25) is 5.91 Å². The number of carbonyl (C=O) groups is 2. The summed E-state index contributed by atoms with van der Waals surface area (Å²) in [6.07, 6.45) is 3.33. The van der Waals surface area contributed by atoms with Gasteiger partial charge in [-0.1, -0.05) is 24.3 Å². The fourth-order valence-electron chi connectivity index (χ4n) is 2.57. The van der Waals surface area contributed by atoms with E-state index in [1.165, 1.54) is 5.56 Å². The van der Waals surface area contributed by atoms with Gasteiger partial charge in [0.15, 0.2) is 0 Å². The van der Waals surface area contributed by atoms with Crippen molar-refractivity contribution >= 4 is 11.9 Å². The van der Waals surface area contributed by atoms with Crippen molar-refractivity contribution in [3.8, 4) is 0 Å². The quantitative estimate of drug-likeness (QED) is 0.770. The van der Waals surface area contributed by atoms with Crippen LogP contribution in [0.25, 0.3) is 0 Å². The first kappa shape index (κ1) is 13.6. The molecule has 0 fully saturated rings. The predicted molar refractivity (Wildman–Crippen MR) is 72.0 cm³/mol. The van der Waals surface area contributed by atoms with Crippen LogP contribution < -0.4 is 5.32 Å². The summed E-state index contributed by atoms with van der Waals surface area (Å²) in [4.78, 5) is 22.4. The van der Waals surface area contributed by atoms with Crippen molar-refractivity contribution in [3.63, 3.8) is 0 Å². The van der Waals surface area contributed by atoms with Gasteiger partial charge in [0, 0.05) is 13.0 Å². The van der Waals surface area contributed by atoms with Crippen LogP contribution >= 0.6 is 0 Å². The number of carboxylic acids is 1. The summed E-state index contributed by atoms with van der Waals surface area (Å²) in [6.45, 7) is 0.560. The number of fused-ring (bicyclic) bond motifs is 1. The minimum absolute atomic E-state index is 0.0318. The Morgan fingerprint density at radius 1 is 1.26 bits per heavy atom. The van der Waals surface area contributed by atoms with Crippen molar-refractivity contribution < 1.29 is 14.7 Å². The lowest BCUT2D eigenvalue weighted by Gasteiger charge is -2.12. The molecule has 0 radical (unpaired) electrons. The Kier molecular flexibility index (Phi) is 4.55. The van der Waals surface area contributed by atoms with Crippen LogP contribution in [0.1, 0.15) is 42.7 Å². The highest BCUT2D eigenvalue weighted by Crippen LogP contribution is 2.32. The number of aryl methyl sites for hydroxylation is 1. The van der Waals surface area contributed by atoms with Gasteiger partial charge in [0.05, 0.1) is 5.92 Å². The van der Waals surface area contributed by atoms with E-state index in [9.17, 15) is 9.59 Å². The van der Waals surface area contributed by atoms with E-state index >= 15 is 0 Å². The molecule has 4 nitrogen and oxygen atoms in total. The minimum atomic E-state index is -0.781. The Morgan fingerprint density at radius 3 is 2.84 bits per heavy atom. The third-order valence-corrected chi connectivity index (χ3v) is 3.57. The monoisotopic (exact) mass is 261 g/mol. The number of hydrogen-bond acceptors (Lipinski definition) is 2. The maximum absolute atomic E-state index is 12.1. The zero-order valence-corrected chi connectivity index (χ0v) is 10.9. The highest BCUT2D eigenvalue weighted by molar-refractivity contribution is 5.84. The lowest BCUT2D eigenvalue weighted by Crippen LogP contribution is -2.29. The number of nitrogens with one attached hydrogen (secondary N) is 1. The molecule has 1 unspecified atom stereocenters. The van der Waals surface area contributed by atoms with Gasteiger partial charge >= 0.3 is 5.97 Å². The van der Waals surface area contributed by atoms with Crippen molar-refractivity contribution in [1.82, 2.24) is 5.32 Å². The zero-order valence-electron chi connectivity index (χ0n) is 10.9. The second-order valence-electron chi connectivity index (χ2n) is 4.93. The van der Waals surface area contributed by atoms with E-state index in [2.05, 4.69) is 11.4 Å². The molecule has 1 aliphatic rings. The van der Waals surface area contributed by atoms with Crippen LogP contribution in [0.5, 0.6) is 0 Å². The van der Waals surface area contributed by atoms with Crippen LogP contribution in [0.3, 0.4) is 0 Å². The Morgan fingerprint density at radius 2 is 2.05 bits per heavy atom.